The number of aromatic amines is 6. The first-order valence-electron chi connectivity index (χ1n) is 34.3. The summed E-state index contributed by atoms with van der Waals surface area (Å²) in [6.45, 7) is 17.2. The standard InChI is InChI=1S/C29H31N5.2C26H26N6.CH4/c1-32(2)24-7-4-20(5-8-24)28-18-22-16-21(6-10-26(22)30-28)29-19-23-17-25(9-11-27(23)31-29)34-14-12-33(3)13-15-34;2*1-17-3-5-18(6-4-17)25-27-21-9-7-19(15-23(21)29-25)26-28-22-10-8-20(16-24(22)30-26)32-13-11-31(2)12-14-32;/h4-11,16-19,30-31H,12-15H2,1-3H3;2*3-10,15-16H,11-14H2,1-2H3,(H,27,29)(H,28,30);1H4. The van der Waals surface area contributed by atoms with Gasteiger partial charge in [-0.05, 0) is 174 Å². The lowest BCUT2D eigenvalue weighted by molar-refractivity contribution is 0.313. The molecule has 0 bridgehead atoms. The third-order valence-corrected chi connectivity index (χ3v) is 19.9. The number of anilines is 4. The van der Waals surface area contributed by atoms with Crippen molar-refractivity contribution >= 4 is 88.7 Å². The number of imidazole rings is 4. The van der Waals surface area contributed by atoms with Crippen LogP contribution in [0.5, 0.6) is 0 Å². The summed E-state index contributed by atoms with van der Waals surface area (Å²) >= 11 is 0. The van der Waals surface area contributed by atoms with Crippen molar-refractivity contribution in [3.63, 3.8) is 0 Å². The summed E-state index contributed by atoms with van der Waals surface area (Å²) in [5.41, 5.74) is 26.9. The van der Waals surface area contributed by atoms with Crippen molar-refractivity contribution in [3.8, 4) is 68.1 Å². The van der Waals surface area contributed by atoms with Gasteiger partial charge >= 0.3 is 0 Å². The fraction of sp³-hybridized carbons (Fsp3) is 0.244. The van der Waals surface area contributed by atoms with Crippen LogP contribution in [-0.2, 0) is 0 Å². The summed E-state index contributed by atoms with van der Waals surface area (Å²) < 4.78 is 0. The highest BCUT2D eigenvalue weighted by molar-refractivity contribution is 5.94. The van der Waals surface area contributed by atoms with Crippen molar-refractivity contribution in [2.45, 2.75) is 21.3 Å². The minimum Gasteiger partial charge on any atom is -0.378 e. The van der Waals surface area contributed by atoms with E-state index in [-0.39, 0.29) is 7.43 Å². The second kappa shape index (κ2) is 27.1. The van der Waals surface area contributed by atoms with Crippen LogP contribution in [-0.4, -0.2) is 178 Å². The van der Waals surface area contributed by atoms with Gasteiger partial charge in [-0.3, -0.25) is 0 Å². The van der Waals surface area contributed by atoms with Crippen LogP contribution >= 0.6 is 0 Å². The molecule has 0 atom stereocenters. The number of hydrogen-bond acceptors (Lipinski definition) is 11. The number of nitrogens with zero attached hydrogens (tertiary/aromatic N) is 11. The van der Waals surface area contributed by atoms with Gasteiger partial charge in [0.25, 0.3) is 0 Å². The van der Waals surface area contributed by atoms with E-state index < -0.39 is 0 Å². The van der Waals surface area contributed by atoms with Gasteiger partial charge in [0, 0.05) is 171 Å². The lowest BCUT2D eigenvalue weighted by Crippen LogP contribution is -2.44. The maximum atomic E-state index is 4.85. The summed E-state index contributed by atoms with van der Waals surface area (Å²) in [5, 5.41) is 2.49. The van der Waals surface area contributed by atoms with Gasteiger partial charge in [0.2, 0.25) is 0 Å². The number of fused-ring (bicyclic) bond motifs is 6. The number of benzene rings is 9. The van der Waals surface area contributed by atoms with Crippen molar-refractivity contribution in [2.75, 3.05) is 133 Å². The van der Waals surface area contributed by atoms with Crippen LogP contribution in [0.4, 0.5) is 22.7 Å². The number of likely N-dealkylation sites (N-methyl/N-ethyl adjacent to an activating group) is 3. The molecule has 9 aromatic carbocycles. The first-order chi connectivity index (χ1) is 47.8. The normalized spacial score (nSPS) is 14.9. The topological polar surface area (TPSA) is 169 Å². The van der Waals surface area contributed by atoms with E-state index in [0.717, 1.165) is 185 Å². The lowest BCUT2D eigenvalue weighted by Gasteiger charge is -2.34. The van der Waals surface area contributed by atoms with E-state index in [4.69, 9.17) is 19.9 Å². The molecule has 17 heteroatoms. The predicted molar refractivity (Wildman–Crippen MR) is 414 cm³/mol. The molecule has 6 N–H and O–H groups in total. The van der Waals surface area contributed by atoms with Crippen LogP contribution in [0.25, 0.3) is 134 Å². The summed E-state index contributed by atoms with van der Waals surface area (Å²) in [6.07, 6.45) is 0. The molecule has 9 heterocycles. The van der Waals surface area contributed by atoms with E-state index in [9.17, 15) is 0 Å². The van der Waals surface area contributed by atoms with Crippen LogP contribution in [0, 0.1) is 13.8 Å². The highest BCUT2D eigenvalue weighted by Crippen LogP contribution is 2.35. The largest absolute Gasteiger partial charge is 0.378 e. The van der Waals surface area contributed by atoms with Crippen LogP contribution in [0.3, 0.4) is 0 Å². The molecule has 0 unspecified atom stereocenters. The van der Waals surface area contributed by atoms with Gasteiger partial charge < -0.3 is 64.2 Å². The van der Waals surface area contributed by atoms with Crippen molar-refractivity contribution < 1.29 is 0 Å². The minimum atomic E-state index is 0. The quantitative estimate of drug-likeness (QED) is 0.0771. The molecule has 0 saturated carbocycles. The second-order valence-electron chi connectivity index (χ2n) is 27.2. The average molecular weight is 1310 g/mol. The Morgan fingerprint density at radius 3 is 1.04 bits per heavy atom. The lowest BCUT2D eigenvalue weighted by atomic mass is 10.1. The third kappa shape index (κ3) is 13.6. The number of rotatable bonds is 10. The molecule has 3 saturated heterocycles. The highest BCUT2D eigenvalue weighted by atomic mass is 15.3. The van der Waals surface area contributed by atoms with E-state index in [1.54, 1.807) is 0 Å². The van der Waals surface area contributed by atoms with Crippen LogP contribution < -0.4 is 19.6 Å². The zero-order valence-corrected chi connectivity index (χ0v) is 56.9. The number of hydrogen-bond donors (Lipinski definition) is 6. The Bertz CT molecular complexity index is 5090. The molecule has 0 spiro atoms. The summed E-state index contributed by atoms with van der Waals surface area (Å²) in [6, 6.07) is 69.1. The van der Waals surface area contributed by atoms with Crippen molar-refractivity contribution in [3.05, 3.63) is 205 Å². The highest BCUT2D eigenvalue weighted by Gasteiger charge is 2.20. The van der Waals surface area contributed by atoms with E-state index >= 15 is 0 Å². The number of aromatic nitrogens is 10. The van der Waals surface area contributed by atoms with Crippen molar-refractivity contribution in [1.82, 2.24) is 64.5 Å². The second-order valence-corrected chi connectivity index (χ2v) is 27.2. The fourth-order valence-electron chi connectivity index (χ4n) is 13.7. The number of piperazine rings is 3. The van der Waals surface area contributed by atoms with Gasteiger partial charge in [-0.1, -0.05) is 85.3 Å². The molecule has 3 aliphatic heterocycles. The van der Waals surface area contributed by atoms with Crippen molar-refractivity contribution in [1.29, 1.82) is 0 Å². The number of aryl methyl sites for hydroxylation is 2. The maximum absolute atomic E-state index is 4.85. The average Bonchev–Trinajstić information content (AvgIpc) is 1.65. The first-order valence-corrected chi connectivity index (χ1v) is 34.3. The summed E-state index contributed by atoms with van der Waals surface area (Å²) in [5.74, 6) is 3.53. The monoisotopic (exact) mass is 1310 g/mol. The Hall–Kier alpha value is -11.0. The SMILES string of the molecule is C.CN1CCN(c2ccc3[nH]c(-c4ccc5[nH]c(-c6ccc(N(C)C)cc6)cc5c4)cc3c2)CC1.Cc1ccc(-c2nc3ccc(-c4nc5ccc(N6CCN(C)CC6)cc5[nH]4)cc3[nH]2)cc1.Cc1ccc(-c2nc3ccc(-c4nc5ccc(N6CCN(C)CC6)cc5[nH]4)cc3[nH]2)cc1. The Morgan fingerprint density at radius 2 is 0.616 bits per heavy atom. The van der Waals surface area contributed by atoms with E-state index in [1.807, 2.05) is 0 Å². The van der Waals surface area contributed by atoms with E-state index in [2.05, 4.69) is 307 Å². The maximum Gasteiger partial charge on any atom is 0.138 e. The molecule has 3 fully saturated rings. The molecule has 99 heavy (non-hydrogen) atoms. The molecule has 3 aliphatic rings. The first kappa shape index (κ1) is 64.0. The number of H-pyrrole nitrogens is 6. The molecular weight excluding hydrogens is 1220 g/mol. The summed E-state index contributed by atoms with van der Waals surface area (Å²) in [4.78, 5) is 57.1. The van der Waals surface area contributed by atoms with Gasteiger partial charge in [-0.25, -0.2) is 19.9 Å². The Balaban J connectivity index is 0.000000120. The molecule has 0 amide bonds. The van der Waals surface area contributed by atoms with Gasteiger partial charge in [0.15, 0.2) is 0 Å². The molecule has 0 aliphatic carbocycles. The molecular formula is C82H87N17. The zero-order chi connectivity index (χ0) is 66.5. The minimum absolute atomic E-state index is 0. The molecule has 15 aromatic rings. The molecule has 17 nitrogen and oxygen atoms in total. The zero-order valence-electron chi connectivity index (χ0n) is 56.9. The van der Waals surface area contributed by atoms with Gasteiger partial charge in [0.05, 0.1) is 44.1 Å². The van der Waals surface area contributed by atoms with E-state index in [0.29, 0.717) is 0 Å². The number of nitrogens with one attached hydrogen (secondary N) is 6. The van der Waals surface area contributed by atoms with Crippen molar-refractivity contribution in [2.24, 2.45) is 0 Å². The van der Waals surface area contributed by atoms with Crippen LogP contribution in [0.15, 0.2) is 194 Å². The molecule has 500 valence electrons. The third-order valence-electron chi connectivity index (χ3n) is 19.9. The smallest absolute Gasteiger partial charge is 0.138 e. The molecule has 0 radical (unpaired) electrons. The molecule has 6 aromatic heterocycles. The van der Waals surface area contributed by atoms with Crippen LogP contribution in [0.1, 0.15) is 18.6 Å². The fourth-order valence-corrected chi connectivity index (χ4v) is 13.7. The predicted octanol–water partition coefficient (Wildman–Crippen LogP) is 16.1. The van der Waals surface area contributed by atoms with Crippen LogP contribution in [0.2, 0.25) is 0 Å². The Labute approximate surface area is 578 Å². The Kier molecular flexibility index (Phi) is 17.6. The van der Waals surface area contributed by atoms with Gasteiger partial charge in [0.1, 0.15) is 23.3 Å². The summed E-state index contributed by atoms with van der Waals surface area (Å²) in [7, 11) is 10.7. The van der Waals surface area contributed by atoms with E-state index in [1.165, 1.54) is 61.3 Å². The van der Waals surface area contributed by atoms with Gasteiger partial charge in [-0.15, -0.1) is 0 Å². The van der Waals surface area contributed by atoms with Gasteiger partial charge in [-0.2, -0.15) is 0 Å². The Morgan fingerprint density at radius 1 is 0.293 bits per heavy atom. The molecule has 18 rings (SSSR count).